The molecule has 0 unspecified atom stereocenters. The van der Waals surface area contributed by atoms with Crippen molar-refractivity contribution in [2.75, 3.05) is 0 Å². The Morgan fingerprint density at radius 2 is 0.535 bits per heavy atom. The van der Waals surface area contributed by atoms with Crippen LogP contribution in [0.3, 0.4) is 0 Å². The van der Waals surface area contributed by atoms with Crippen LogP contribution in [-0.2, 0) is 6.18 Å². The molecule has 0 fully saturated rings. The van der Waals surface area contributed by atoms with Crippen molar-refractivity contribution < 1.29 is 13.2 Å². The van der Waals surface area contributed by atoms with Crippen LogP contribution in [0.15, 0.2) is 176 Å². The topological polar surface area (TPSA) is 248 Å². The zero-order chi connectivity index (χ0) is 60.1. The van der Waals surface area contributed by atoms with Gasteiger partial charge in [0.2, 0.25) is 0 Å². The maximum Gasteiger partial charge on any atom is 0.416 e. The van der Waals surface area contributed by atoms with Crippen molar-refractivity contribution in [1.29, 1.82) is 52.6 Å². The number of hydrogen-bond donors (Lipinski definition) is 0. The Bertz CT molecular complexity index is 5230. The van der Waals surface area contributed by atoms with Crippen LogP contribution in [-0.4, -0.2) is 9.13 Å². The highest BCUT2D eigenvalue weighted by Crippen LogP contribution is 2.46. The fraction of sp³-hybridized carbons (Fsp3) is 0.0141. The van der Waals surface area contributed by atoms with Gasteiger partial charge in [0.1, 0.15) is 0 Å². The third kappa shape index (κ3) is 8.73. The predicted molar refractivity (Wildman–Crippen MR) is 314 cm³/mol. The summed E-state index contributed by atoms with van der Waals surface area (Å²) in [5.41, 5.74) is 7.17. The number of benzene rings is 10. The quantitative estimate of drug-likeness (QED) is 0.146. The van der Waals surface area contributed by atoms with Gasteiger partial charge in [-0.2, -0.15) is 65.8 Å². The number of halogens is 3. The minimum Gasteiger partial charge on any atom is -0.307 e. The Hall–Kier alpha value is -13.5. The van der Waals surface area contributed by atoms with E-state index >= 15 is 0 Å². The summed E-state index contributed by atoms with van der Waals surface area (Å²) in [7, 11) is 0. The number of hydrogen-bond acceptors (Lipinski definition) is 10. The second-order valence-corrected chi connectivity index (χ2v) is 19.9. The maximum absolute atomic E-state index is 14.4. The molecule has 0 bridgehead atoms. The van der Waals surface area contributed by atoms with Gasteiger partial charge in [0.15, 0.2) is 0 Å². The van der Waals surface area contributed by atoms with Crippen LogP contribution in [0.5, 0.6) is 0 Å². The first-order chi connectivity index (χ1) is 41.8. The van der Waals surface area contributed by atoms with E-state index in [2.05, 4.69) is 54.6 Å². The van der Waals surface area contributed by atoms with Crippen molar-refractivity contribution in [2.45, 2.75) is 6.18 Å². The Balaban J connectivity index is 1.29. The highest BCUT2D eigenvalue weighted by Gasteiger charge is 2.32. The second kappa shape index (κ2) is 20.9. The van der Waals surface area contributed by atoms with Crippen molar-refractivity contribution in [3.8, 4) is 128 Å². The lowest BCUT2D eigenvalue weighted by molar-refractivity contribution is -0.137. The number of fused-ring (bicyclic) bond motifs is 6. The molecule has 12 rings (SSSR count). The van der Waals surface area contributed by atoms with E-state index in [0.29, 0.717) is 99.5 Å². The Kier molecular flexibility index (Phi) is 12.9. The summed E-state index contributed by atoms with van der Waals surface area (Å²) in [6.07, 6.45) is -4.83. The number of aromatic nitrogens is 2. The van der Waals surface area contributed by atoms with E-state index in [1.165, 1.54) is 24.3 Å². The van der Waals surface area contributed by atoms with E-state index in [9.17, 15) is 65.8 Å². The summed E-state index contributed by atoms with van der Waals surface area (Å²) in [5.74, 6) is 0. The number of rotatable bonds is 7. The van der Waals surface area contributed by atoms with Crippen LogP contribution in [0, 0.1) is 113 Å². The van der Waals surface area contributed by atoms with Crippen LogP contribution in [0.4, 0.5) is 13.2 Å². The normalized spacial score (nSPS) is 10.8. The zero-order valence-electron chi connectivity index (χ0n) is 44.2. The Labute approximate surface area is 487 Å². The SMILES string of the molecule is N#Cc1ccc(-c2ccc3c4ccc(-c5ccc(C#N)cc5C#N)cc4n(-c4cc(C#N)c(-c5ccc(C(F)(F)F)cc5C#N)cc4-n4c5cc(-c6ccc(C#N)cc6C#N)ccc5c5ccc(-c6ccc(C#N)cc6C#N)cc54)c3c2)c(C#N)c1. The summed E-state index contributed by atoms with van der Waals surface area (Å²) in [5, 5.41) is 106. The number of nitriles is 10. The van der Waals surface area contributed by atoms with Gasteiger partial charge >= 0.3 is 6.18 Å². The average molecular weight is 1110 g/mol. The van der Waals surface area contributed by atoms with Crippen molar-refractivity contribution in [3.63, 3.8) is 0 Å². The molecule has 86 heavy (non-hydrogen) atoms. The molecule has 0 aliphatic heterocycles. The van der Waals surface area contributed by atoms with Gasteiger partial charge in [0, 0.05) is 32.7 Å². The predicted octanol–water partition coefficient (Wildman–Crippen LogP) is 16.0. The van der Waals surface area contributed by atoms with Gasteiger partial charge in [-0.1, -0.05) is 78.9 Å². The summed E-state index contributed by atoms with van der Waals surface area (Å²) in [6.45, 7) is 0. The molecule has 2 aromatic heterocycles. The maximum atomic E-state index is 14.4. The van der Waals surface area contributed by atoms with E-state index < -0.39 is 11.7 Å². The molecule has 0 aliphatic rings. The second-order valence-electron chi connectivity index (χ2n) is 19.9. The summed E-state index contributed by atoms with van der Waals surface area (Å²) in [4.78, 5) is 0. The van der Waals surface area contributed by atoms with Gasteiger partial charge in [-0.25, -0.2) is 0 Å². The fourth-order valence-electron chi connectivity index (χ4n) is 11.4. The van der Waals surface area contributed by atoms with Crippen molar-refractivity contribution in [2.24, 2.45) is 0 Å². The molecule has 10 aromatic carbocycles. The van der Waals surface area contributed by atoms with Gasteiger partial charge in [0.05, 0.1) is 155 Å². The molecule has 0 saturated carbocycles. The third-order valence-electron chi connectivity index (χ3n) is 15.3. The first kappa shape index (κ1) is 53.1. The largest absolute Gasteiger partial charge is 0.416 e. The van der Waals surface area contributed by atoms with Gasteiger partial charge in [-0.3, -0.25) is 0 Å². The molecule has 0 N–H and O–H groups in total. The molecule has 394 valence electrons. The molecule has 15 heteroatoms. The van der Waals surface area contributed by atoms with Crippen LogP contribution < -0.4 is 0 Å². The van der Waals surface area contributed by atoms with Crippen molar-refractivity contribution in [1.82, 2.24) is 9.13 Å². The third-order valence-corrected chi connectivity index (χ3v) is 15.3. The van der Waals surface area contributed by atoms with Crippen LogP contribution in [0.1, 0.15) is 61.2 Å². The molecule has 12 aromatic rings. The van der Waals surface area contributed by atoms with Crippen LogP contribution >= 0.6 is 0 Å². The molecular weight excluding hydrogens is 1080 g/mol. The van der Waals surface area contributed by atoms with Crippen molar-refractivity contribution >= 4 is 43.6 Å². The first-order valence-corrected chi connectivity index (χ1v) is 25.9. The Morgan fingerprint density at radius 3 is 0.826 bits per heavy atom. The highest BCUT2D eigenvalue weighted by atomic mass is 19.4. The molecule has 0 amide bonds. The standard InChI is InChI=1S/C71H29F3N12/c72-71(73,74)54-9-18-59(52(23-54)38-83)64-29-70(86-67-26-46(57-12-3-42(32-77)21-50(57)36-81)7-16-62(67)63-17-8-47(27-68(63)86)58-13-4-43(33-78)22-51(58)37-82)69(28-53(64)39-84)85-65-24-44(55-10-1-40(30-75)19-48(55)34-79)5-14-60(65)61-15-6-45(25-66(61)85)56-11-2-41(31-76)20-49(56)35-80/h1-29H. The zero-order valence-corrected chi connectivity index (χ0v) is 44.2. The van der Waals surface area contributed by atoms with Gasteiger partial charge in [-0.15, -0.1) is 0 Å². The highest BCUT2D eigenvalue weighted by molar-refractivity contribution is 6.14. The molecular formula is C71H29F3N12. The lowest BCUT2D eigenvalue weighted by atomic mass is 9.93. The smallest absolute Gasteiger partial charge is 0.307 e. The monoisotopic (exact) mass is 1110 g/mol. The van der Waals surface area contributed by atoms with Crippen LogP contribution in [0.25, 0.3) is 111 Å². The van der Waals surface area contributed by atoms with E-state index in [0.717, 1.165) is 18.2 Å². The van der Waals surface area contributed by atoms with Gasteiger partial charge in [-0.05, 0) is 142 Å². The molecule has 12 nitrogen and oxygen atoms in total. The molecule has 0 aliphatic carbocycles. The molecule has 0 saturated heterocycles. The van der Waals surface area contributed by atoms with Crippen LogP contribution in [0.2, 0.25) is 0 Å². The molecule has 0 radical (unpaired) electrons. The Morgan fingerprint density at radius 1 is 0.256 bits per heavy atom. The molecule has 0 atom stereocenters. The first-order valence-electron chi connectivity index (χ1n) is 25.9. The fourth-order valence-corrected chi connectivity index (χ4v) is 11.4. The van der Waals surface area contributed by atoms with E-state index in [1.54, 1.807) is 60.7 Å². The molecule has 0 spiro atoms. The van der Waals surface area contributed by atoms with Gasteiger partial charge in [0.25, 0.3) is 0 Å². The van der Waals surface area contributed by atoms with E-state index in [-0.39, 0.29) is 66.8 Å². The van der Waals surface area contributed by atoms with Gasteiger partial charge < -0.3 is 9.13 Å². The number of alkyl halides is 3. The minimum atomic E-state index is -4.83. The average Bonchev–Trinajstić information content (AvgIpc) is 1.62. The minimum absolute atomic E-state index is 0.000904. The number of nitrogens with zero attached hydrogens (tertiary/aromatic N) is 12. The van der Waals surface area contributed by atoms with Crippen molar-refractivity contribution in [3.05, 3.63) is 237 Å². The summed E-state index contributed by atoms with van der Waals surface area (Å²) >= 11 is 0. The lowest BCUT2D eigenvalue weighted by Gasteiger charge is -2.21. The molecule has 2 heterocycles. The summed E-state index contributed by atoms with van der Waals surface area (Å²) in [6, 6.07) is 68.6. The van der Waals surface area contributed by atoms with E-state index in [4.69, 9.17) is 0 Å². The lowest BCUT2D eigenvalue weighted by Crippen LogP contribution is -2.07. The summed E-state index contributed by atoms with van der Waals surface area (Å²) < 4.78 is 47.0. The van der Waals surface area contributed by atoms with E-state index in [1.807, 2.05) is 88.0 Å².